The number of fused-ring (bicyclic) bond motifs is 1. The Balaban J connectivity index is 2.35. The van der Waals surface area contributed by atoms with Crippen molar-refractivity contribution in [2.75, 3.05) is 7.11 Å². The Morgan fingerprint density at radius 2 is 1.74 bits per heavy atom. The van der Waals surface area contributed by atoms with E-state index in [2.05, 4.69) is 0 Å². The van der Waals surface area contributed by atoms with Gasteiger partial charge in [0.2, 0.25) is 0 Å². The van der Waals surface area contributed by atoms with Gasteiger partial charge in [0.05, 0.1) is 23.3 Å². The summed E-state index contributed by atoms with van der Waals surface area (Å²) in [6, 6.07) is 9.77. The maximum Gasteiger partial charge on any atom is 0.308 e. The van der Waals surface area contributed by atoms with Gasteiger partial charge in [-0.2, -0.15) is 0 Å². The number of esters is 1. The summed E-state index contributed by atoms with van der Waals surface area (Å²) in [6.45, 7) is 7.16. The number of nitrogens with zero attached hydrogens (tertiary/aromatic N) is 1. The fourth-order valence-corrected chi connectivity index (χ4v) is 3.97. The molecule has 3 aromatic rings. The average Bonchev–Trinajstić information content (AvgIpc) is 2.86. The third kappa shape index (κ3) is 3.33. The number of halogens is 1. The molecular weight excluding hydrogens is 382 g/mol. The molecule has 0 amide bonds. The SMILES string of the molecule is COc1c(Cl)cc2c(c1C)c(OC(C)=O)c(C)n2C(=S)c1ccc(C)cc1. The van der Waals surface area contributed by atoms with Crippen LogP contribution in [0.15, 0.2) is 30.3 Å². The van der Waals surface area contributed by atoms with Gasteiger partial charge in [0, 0.05) is 23.4 Å². The minimum Gasteiger partial charge on any atom is -0.495 e. The van der Waals surface area contributed by atoms with E-state index in [1.807, 2.05) is 49.6 Å². The fourth-order valence-electron chi connectivity index (χ4n) is 3.27. The van der Waals surface area contributed by atoms with Gasteiger partial charge in [-0.05, 0) is 26.8 Å². The minimum atomic E-state index is -0.397. The lowest BCUT2D eigenvalue weighted by atomic mass is 10.1. The number of ether oxygens (including phenoxy) is 2. The molecule has 0 bridgehead atoms. The highest BCUT2D eigenvalue weighted by atomic mass is 35.5. The van der Waals surface area contributed by atoms with Crippen LogP contribution in [0.3, 0.4) is 0 Å². The van der Waals surface area contributed by atoms with Gasteiger partial charge >= 0.3 is 5.97 Å². The van der Waals surface area contributed by atoms with Crippen LogP contribution in [0.2, 0.25) is 5.02 Å². The zero-order chi connectivity index (χ0) is 19.9. The Morgan fingerprint density at radius 1 is 1.11 bits per heavy atom. The van der Waals surface area contributed by atoms with Crippen molar-refractivity contribution in [3.8, 4) is 11.5 Å². The van der Waals surface area contributed by atoms with Crippen molar-refractivity contribution in [2.45, 2.75) is 27.7 Å². The Labute approximate surface area is 168 Å². The number of rotatable bonds is 3. The Hall–Kier alpha value is -2.37. The largest absolute Gasteiger partial charge is 0.495 e. The zero-order valence-electron chi connectivity index (χ0n) is 15.8. The molecule has 0 unspecified atom stereocenters. The summed E-state index contributed by atoms with van der Waals surface area (Å²) in [5.74, 6) is 0.627. The van der Waals surface area contributed by atoms with Crippen LogP contribution in [0.4, 0.5) is 0 Å². The van der Waals surface area contributed by atoms with Crippen LogP contribution in [0.1, 0.15) is 29.3 Å². The van der Waals surface area contributed by atoms with Crippen LogP contribution in [-0.2, 0) is 4.79 Å². The molecule has 0 saturated carbocycles. The quantitative estimate of drug-likeness (QED) is 0.436. The summed E-state index contributed by atoms with van der Waals surface area (Å²) in [5.41, 5.74) is 4.36. The summed E-state index contributed by atoms with van der Waals surface area (Å²) in [6.07, 6.45) is 0. The Morgan fingerprint density at radius 3 is 2.30 bits per heavy atom. The van der Waals surface area contributed by atoms with E-state index in [9.17, 15) is 4.79 Å². The summed E-state index contributed by atoms with van der Waals surface area (Å²) in [5, 5.41) is 1.24. The summed E-state index contributed by atoms with van der Waals surface area (Å²) < 4.78 is 12.9. The van der Waals surface area contributed by atoms with E-state index in [0.717, 1.165) is 33.3 Å². The summed E-state index contributed by atoms with van der Waals surface area (Å²) in [4.78, 5) is 12.3. The van der Waals surface area contributed by atoms with Crippen molar-refractivity contribution in [3.05, 3.63) is 57.7 Å². The molecule has 0 aliphatic heterocycles. The van der Waals surface area contributed by atoms with E-state index in [-0.39, 0.29) is 0 Å². The number of methoxy groups -OCH3 is 1. The second kappa shape index (κ2) is 7.33. The van der Waals surface area contributed by atoms with Crippen LogP contribution >= 0.6 is 23.8 Å². The topological polar surface area (TPSA) is 40.5 Å². The molecule has 0 N–H and O–H groups in total. The molecule has 27 heavy (non-hydrogen) atoms. The molecule has 0 fully saturated rings. The second-order valence-corrected chi connectivity index (χ2v) is 7.22. The lowest BCUT2D eigenvalue weighted by Crippen LogP contribution is -2.12. The Bertz CT molecular complexity index is 1070. The molecule has 140 valence electrons. The van der Waals surface area contributed by atoms with Crippen molar-refractivity contribution in [1.82, 2.24) is 4.57 Å². The van der Waals surface area contributed by atoms with E-state index in [0.29, 0.717) is 21.5 Å². The van der Waals surface area contributed by atoms with Crippen LogP contribution < -0.4 is 9.47 Å². The maximum absolute atomic E-state index is 11.7. The van der Waals surface area contributed by atoms with Crippen molar-refractivity contribution in [1.29, 1.82) is 0 Å². The highest BCUT2D eigenvalue weighted by Crippen LogP contribution is 2.43. The Kier molecular flexibility index (Phi) is 5.27. The molecule has 1 aromatic heterocycles. The molecule has 1 heterocycles. The predicted molar refractivity (Wildman–Crippen MR) is 113 cm³/mol. The first-order valence-electron chi connectivity index (χ1n) is 8.44. The number of carbonyl (C=O) groups is 1. The number of benzene rings is 2. The first-order chi connectivity index (χ1) is 12.8. The first-order valence-corrected chi connectivity index (χ1v) is 9.22. The van der Waals surface area contributed by atoms with Gasteiger partial charge in [-0.25, -0.2) is 0 Å². The zero-order valence-corrected chi connectivity index (χ0v) is 17.4. The van der Waals surface area contributed by atoms with Gasteiger partial charge in [0.1, 0.15) is 10.7 Å². The van der Waals surface area contributed by atoms with E-state index < -0.39 is 5.97 Å². The number of aromatic nitrogens is 1. The monoisotopic (exact) mass is 401 g/mol. The molecule has 4 nitrogen and oxygen atoms in total. The third-order valence-corrected chi connectivity index (χ3v) is 5.23. The first kappa shape index (κ1) is 19.4. The third-order valence-electron chi connectivity index (χ3n) is 4.54. The fraction of sp³-hybridized carbons (Fsp3) is 0.238. The van der Waals surface area contributed by atoms with Gasteiger partial charge in [0.15, 0.2) is 5.75 Å². The molecule has 0 atom stereocenters. The average molecular weight is 402 g/mol. The predicted octanol–water partition coefficient (Wildman–Crippen LogP) is 5.38. The molecule has 0 radical (unpaired) electrons. The van der Waals surface area contributed by atoms with E-state index in [4.69, 9.17) is 33.3 Å². The highest BCUT2D eigenvalue weighted by Gasteiger charge is 2.24. The van der Waals surface area contributed by atoms with Gasteiger partial charge in [-0.15, -0.1) is 0 Å². The summed E-state index contributed by atoms with van der Waals surface area (Å²) in [7, 11) is 1.56. The van der Waals surface area contributed by atoms with Crippen LogP contribution in [0.25, 0.3) is 10.9 Å². The minimum absolute atomic E-state index is 0.397. The van der Waals surface area contributed by atoms with Crippen molar-refractivity contribution in [2.24, 2.45) is 0 Å². The molecule has 6 heteroatoms. The molecular formula is C21H20ClNO3S. The van der Waals surface area contributed by atoms with E-state index in [1.54, 1.807) is 13.2 Å². The van der Waals surface area contributed by atoms with Gasteiger partial charge in [0.25, 0.3) is 0 Å². The van der Waals surface area contributed by atoms with Crippen LogP contribution in [0.5, 0.6) is 11.5 Å². The molecule has 0 saturated heterocycles. The van der Waals surface area contributed by atoms with Gasteiger partial charge in [-0.3, -0.25) is 4.79 Å². The normalized spacial score (nSPS) is 10.9. The molecule has 0 spiro atoms. The number of carbonyl (C=O) groups excluding carboxylic acids is 1. The lowest BCUT2D eigenvalue weighted by molar-refractivity contribution is -0.131. The number of aryl methyl sites for hydroxylation is 2. The van der Waals surface area contributed by atoms with Crippen LogP contribution in [-0.4, -0.2) is 22.6 Å². The van der Waals surface area contributed by atoms with E-state index in [1.165, 1.54) is 6.92 Å². The molecule has 0 aliphatic carbocycles. The number of thiocarbonyl (C=S) groups is 1. The van der Waals surface area contributed by atoms with Gasteiger partial charge in [-0.1, -0.05) is 53.6 Å². The van der Waals surface area contributed by atoms with Crippen molar-refractivity contribution in [3.63, 3.8) is 0 Å². The van der Waals surface area contributed by atoms with Crippen LogP contribution in [0, 0.1) is 20.8 Å². The number of hydrogen-bond acceptors (Lipinski definition) is 4. The van der Waals surface area contributed by atoms with E-state index >= 15 is 0 Å². The second-order valence-electron chi connectivity index (χ2n) is 6.43. The lowest BCUT2D eigenvalue weighted by Gasteiger charge is -2.12. The molecule has 3 rings (SSSR count). The smallest absolute Gasteiger partial charge is 0.308 e. The standard InChI is InChI=1S/C21H20ClNO3S/c1-11-6-8-15(9-7-11)21(27)23-13(3)20(26-14(4)24)18-12(2)19(25-5)16(22)10-17(18)23/h6-10H,1-5H3. The van der Waals surface area contributed by atoms with Crippen molar-refractivity contribution < 1.29 is 14.3 Å². The maximum atomic E-state index is 11.7. The van der Waals surface area contributed by atoms with Crippen molar-refractivity contribution >= 4 is 45.7 Å². The highest BCUT2D eigenvalue weighted by molar-refractivity contribution is 7.80. The number of hydrogen-bond donors (Lipinski definition) is 0. The summed E-state index contributed by atoms with van der Waals surface area (Å²) >= 11 is 12.2. The van der Waals surface area contributed by atoms with Gasteiger partial charge < -0.3 is 14.0 Å². The molecule has 2 aromatic carbocycles. The molecule has 0 aliphatic rings.